The molecule has 1 saturated carbocycles. The first-order valence-corrected chi connectivity index (χ1v) is 12.7. The lowest BCUT2D eigenvalue weighted by Gasteiger charge is -2.25. The SMILES string of the molecule is CCOP(=O)(CCc1ccccc1)OC[C@@H]1C(CC=CCCCC(=O)O)[C@@H](O)C[C@H]1O. The third-order valence-electron chi connectivity index (χ3n) is 5.66. The summed E-state index contributed by atoms with van der Waals surface area (Å²) in [4.78, 5) is 10.6. The highest BCUT2D eigenvalue weighted by molar-refractivity contribution is 7.53. The second kappa shape index (κ2) is 13.1. The van der Waals surface area contributed by atoms with Gasteiger partial charge in [0.05, 0.1) is 31.6 Å². The standard InChI is InChI=1S/C23H35O7P/c1-2-29-31(28,15-14-18-10-6-5-7-11-18)30-17-20-19(21(24)16-22(20)25)12-8-3-4-9-13-23(26)27/h3,5-8,10-11,19-22,24-25H,2,4,9,12-17H2,1H3,(H,26,27)/t19?,20-,21+,22-,31?/m1/s1. The molecule has 0 aromatic heterocycles. The van der Waals surface area contributed by atoms with Gasteiger partial charge < -0.3 is 24.4 Å². The van der Waals surface area contributed by atoms with Crippen LogP contribution in [-0.4, -0.2) is 52.9 Å². The fraction of sp³-hybridized carbons (Fsp3) is 0.609. The van der Waals surface area contributed by atoms with Crippen molar-refractivity contribution in [2.24, 2.45) is 11.8 Å². The molecule has 2 rings (SSSR count). The van der Waals surface area contributed by atoms with E-state index < -0.39 is 25.8 Å². The number of unbranched alkanes of at least 4 members (excludes halogenated alkanes) is 1. The highest BCUT2D eigenvalue weighted by atomic mass is 31.2. The number of aryl methyl sites for hydroxylation is 1. The fourth-order valence-electron chi connectivity index (χ4n) is 3.95. The van der Waals surface area contributed by atoms with Crippen LogP contribution in [0.5, 0.6) is 0 Å². The molecular formula is C23H35O7P. The van der Waals surface area contributed by atoms with Gasteiger partial charge in [0.1, 0.15) is 0 Å². The maximum atomic E-state index is 13.2. The molecule has 7 nitrogen and oxygen atoms in total. The number of aliphatic carboxylic acids is 1. The summed E-state index contributed by atoms with van der Waals surface area (Å²) < 4.78 is 24.4. The molecule has 1 aromatic rings. The molecule has 0 amide bonds. The van der Waals surface area contributed by atoms with Crippen LogP contribution in [-0.2, 0) is 24.8 Å². The van der Waals surface area contributed by atoms with Crippen LogP contribution >= 0.6 is 7.60 Å². The first kappa shape index (κ1) is 25.8. The number of hydrogen-bond donors (Lipinski definition) is 3. The van der Waals surface area contributed by atoms with Crippen LogP contribution in [0.1, 0.15) is 44.6 Å². The van der Waals surface area contributed by atoms with E-state index in [2.05, 4.69) is 0 Å². The van der Waals surface area contributed by atoms with E-state index in [0.717, 1.165) is 5.56 Å². The van der Waals surface area contributed by atoms with E-state index in [1.165, 1.54) is 0 Å². The molecule has 8 heteroatoms. The number of benzene rings is 1. The molecule has 0 radical (unpaired) electrons. The number of aliphatic hydroxyl groups is 2. The maximum Gasteiger partial charge on any atom is 0.331 e. The van der Waals surface area contributed by atoms with E-state index in [1.807, 2.05) is 42.5 Å². The van der Waals surface area contributed by atoms with Crippen LogP contribution in [0.15, 0.2) is 42.5 Å². The Kier molecular flexibility index (Phi) is 10.9. The van der Waals surface area contributed by atoms with Crippen LogP contribution in [0.25, 0.3) is 0 Å². The molecule has 0 aliphatic heterocycles. The highest BCUT2D eigenvalue weighted by Gasteiger charge is 2.42. The lowest BCUT2D eigenvalue weighted by atomic mass is 9.91. The molecule has 1 aliphatic carbocycles. The second-order valence-electron chi connectivity index (χ2n) is 7.97. The summed E-state index contributed by atoms with van der Waals surface area (Å²) in [5.41, 5.74) is 1.05. The molecule has 0 spiro atoms. The molecule has 31 heavy (non-hydrogen) atoms. The predicted octanol–water partition coefficient (Wildman–Crippen LogP) is 4.03. The Morgan fingerprint density at radius 1 is 1.13 bits per heavy atom. The lowest BCUT2D eigenvalue weighted by molar-refractivity contribution is -0.137. The largest absolute Gasteiger partial charge is 0.481 e. The summed E-state index contributed by atoms with van der Waals surface area (Å²) in [6, 6.07) is 9.71. The van der Waals surface area contributed by atoms with Gasteiger partial charge in [-0.1, -0.05) is 42.5 Å². The fourth-order valence-corrected chi connectivity index (χ4v) is 5.61. The van der Waals surface area contributed by atoms with Crippen molar-refractivity contribution in [3.05, 3.63) is 48.0 Å². The Balaban J connectivity index is 1.90. The minimum Gasteiger partial charge on any atom is -0.481 e. The molecule has 1 aliphatic rings. The van der Waals surface area contributed by atoms with Gasteiger partial charge in [-0.15, -0.1) is 0 Å². The van der Waals surface area contributed by atoms with E-state index in [9.17, 15) is 19.6 Å². The van der Waals surface area contributed by atoms with Crippen molar-refractivity contribution in [3.63, 3.8) is 0 Å². The van der Waals surface area contributed by atoms with Crippen LogP contribution in [0.3, 0.4) is 0 Å². The summed E-state index contributed by atoms with van der Waals surface area (Å²) >= 11 is 0. The molecule has 0 saturated heterocycles. The third kappa shape index (κ3) is 8.87. The van der Waals surface area contributed by atoms with Crippen LogP contribution < -0.4 is 0 Å². The minimum atomic E-state index is -3.33. The minimum absolute atomic E-state index is 0.0574. The Morgan fingerprint density at radius 2 is 1.84 bits per heavy atom. The molecule has 174 valence electrons. The van der Waals surface area contributed by atoms with Crippen molar-refractivity contribution in [1.82, 2.24) is 0 Å². The third-order valence-corrected chi connectivity index (χ3v) is 7.63. The normalized spacial score (nSPS) is 25.6. The van der Waals surface area contributed by atoms with Gasteiger partial charge in [-0.25, -0.2) is 0 Å². The molecule has 1 aromatic carbocycles. The maximum absolute atomic E-state index is 13.2. The smallest absolute Gasteiger partial charge is 0.331 e. The van der Waals surface area contributed by atoms with Crippen LogP contribution in [0, 0.1) is 11.8 Å². The summed E-state index contributed by atoms with van der Waals surface area (Å²) in [7, 11) is -3.33. The molecule has 5 atom stereocenters. The first-order chi connectivity index (χ1) is 14.8. The van der Waals surface area contributed by atoms with Gasteiger partial charge in [-0.05, 0) is 50.5 Å². The Hall–Kier alpha value is -1.50. The zero-order valence-electron chi connectivity index (χ0n) is 18.1. The van der Waals surface area contributed by atoms with E-state index in [1.54, 1.807) is 6.92 Å². The molecule has 1 fully saturated rings. The van der Waals surface area contributed by atoms with Gasteiger partial charge in [0, 0.05) is 12.3 Å². The number of carbonyl (C=O) groups is 1. The van der Waals surface area contributed by atoms with Gasteiger partial charge >= 0.3 is 13.6 Å². The van der Waals surface area contributed by atoms with Crippen molar-refractivity contribution in [2.75, 3.05) is 19.4 Å². The summed E-state index contributed by atoms with van der Waals surface area (Å²) in [6.45, 7) is 2.09. The van der Waals surface area contributed by atoms with Gasteiger partial charge in [0.15, 0.2) is 0 Å². The topological polar surface area (TPSA) is 113 Å². The number of rotatable bonds is 14. The number of carboxylic acid groups (broad SMARTS) is 1. The summed E-state index contributed by atoms with van der Waals surface area (Å²) in [5.74, 6) is -1.37. The molecule has 3 N–H and O–H groups in total. The zero-order valence-corrected chi connectivity index (χ0v) is 19.0. The molecule has 0 bridgehead atoms. The van der Waals surface area contributed by atoms with Gasteiger partial charge in [-0.3, -0.25) is 9.36 Å². The first-order valence-electron chi connectivity index (χ1n) is 11.0. The van der Waals surface area contributed by atoms with Gasteiger partial charge in [0.2, 0.25) is 0 Å². The number of hydrogen-bond acceptors (Lipinski definition) is 6. The van der Waals surface area contributed by atoms with E-state index in [4.69, 9.17) is 14.2 Å². The Labute approximate surface area is 184 Å². The van der Waals surface area contributed by atoms with Crippen molar-refractivity contribution in [2.45, 2.75) is 57.7 Å². The Bertz CT molecular complexity index is 737. The molecule has 2 unspecified atom stereocenters. The molecule has 0 heterocycles. The van der Waals surface area contributed by atoms with Crippen molar-refractivity contribution < 1.29 is 33.7 Å². The van der Waals surface area contributed by atoms with Crippen molar-refractivity contribution in [1.29, 1.82) is 0 Å². The average molecular weight is 455 g/mol. The van der Waals surface area contributed by atoms with Crippen LogP contribution in [0.4, 0.5) is 0 Å². The predicted molar refractivity (Wildman–Crippen MR) is 119 cm³/mol. The highest BCUT2D eigenvalue weighted by Crippen LogP contribution is 2.50. The zero-order chi connectivity index (χ0) is 22.7. The van der Waals surface area contributed by atoms with Gasteiger partial charge in [0.25, 0.3) is 0 Å². The summed E-state index contributed by atoms with van der Waals surface area (Å²) in [5, 5.41) is 29.4. The average Bonchev–Trinajstić information content (AvgIpc) is 3.01. The number of carboxylic acids is 1. The number of allylic oxidation sites excluding steroid dienone is 2. The lowest BCUT2D eigenvalue weighted by Crippen LogP contribution is -2.26. The van der Waals surface area contributed by atoms with Crippen LogP contribution in [0.2, 0.25) is 0 Å². The van der Waals surface area contributed by atoms with Crippen molar-refractivity contribution in [3.8, 4) is 0 Å². The second-order valence-corrected chi connectivity index (χ2v) is 10.2. The Morgan fingerprint density at radius 3 is 2.52 bits per heavy atom. The quantitative estimate of drug-likeness (QED) is 0.221. The van der Waals surface area contributed by atoms with E-state index >= 15 is 0 Å². The van der Waals surface area contributed by atoms with Gasteiger partial charge in [-0.2, -0.15) is 0 Å². The number of aliphatic hydroxyl groups excluding tert-OH is 2. The summed E-state index contributed by atoms with van der Waals surface area (Å²) in [6.07, 6.45) is 5.39. The molecular weight excluding hydrogens is 419 g/mol. The van der Waals surface area contributed by atoms with E-state index in [0.29, 0.717) is 25.7 Å². The van der Waals surface area contributed by atoms with Crippen molar-refractivity contribution >= 4 is 13.6 Å². The monoisotopic (exact) mass is 454 g/mol. The van der Waals surface area contributed by atoms with E-state index in [-0.39, 0.29) is 44.1 Å².